The van der Waals surface area contributed by atoms with Crippen molar-refractivity contribution < 1.29 is 19.1 Å². The second-order valence-electron chi connectivity index (χ2n) is 7.32. The highest BCUT2D eigenvalue weighted by Gasteiger charge is 2.37. The number of furan rings is 1. The molecule has 27 heavy (non-hydrogen) atoms. The summed E-state index contributed by atoms with van der Waals surface area (Å²) in [4.78, 5) is 24.4. The van der Waals surface area contributed by atoms with Gasteiger partial charge in [-0.2, -0.15) is 0 Å². The van der Waals surface area contributed by atoms with Crippen molar-refractivity contribution in [2.24, 2.45) is 11.8 Å². The summed E-state index contributed by atoms with van der Waals surface area (Å²) in [6.45, 7) is 3.91. The number of fused-ring (bicyclic) bond motifs is 3. The maximum Gasteiger partial charge on any atom is 0.307 e. The summed E-state index contributed by atoms with van der Waals surface area (Å²) in [5.74, 6) is -2.44. The Kier molecular flexibility index (Phi) is 4.22. The van der Waals surface area contributed by atoms with Gasteiger partial charge in [0, 0.05) is 22.5 Å². The zero-order valence-electron chi connectivity index (χ0n) is 15.3. The second kappa shape index (κ2) is 6.58. The minimum absolute atomic E-state index is 0.260. The van der Waals surface area contributed by atoms with Gasteiger partial charge in [-0.25, -0.2) is 0 Å². The van der Waals surface area contributed by atoms with E-state index in [0.29, 0.717) is 24.1 Å². The van der Waals surface area contributed by atoms with Gasteiger partial charge >= 0.3 is 5.97 Å². The van der Waals surface area contributed by atoms with Crippen molar-refractivity contribution in [2.75, 3.05) is 5.32 Å². The van der Waals surface area contributed by atoms with E-state index in [1.165, 1.54) is 0 Å². The van der Waals surface area contributed by atoms with E-state index in [9.17, 15) is 14.7 Å². The number of carbonyl (C=O) groups excluding carboxylic acids is 1. The third kappa shape index (κ3) is 3.10. The number of para-hydroxylation sites is 1. The minimum Gasteiger partial charge on any atom is -0.481 e. The van der Waals surface area contributed by atoms with Crippen LogP contribution < -0.4 is 5.32 Å². The molecule has 0 saturated carbocycles. The van der Waals surface area contributed by atoms with E-state index < -0.39 is 17.8 Å². The Labute approximate surface area is 156 Å². The molecule has 0 aliphatic heterocycles. The quantitative estimate of drug-likeness (QED) is 0.644. The molecule has 0 spiro atoms. The van der Waals surface area contributed by atoms with Gasteiger partial charge in [0.25, 0.3) is 0 Å². The molecule has 3 aromatic rings. The van der Waals surface area contributed by atoms with Crippen LogP contribution in [0, 0.1) is 11.8 Å². The number of allylic oxidation sites excluding steroid dienone is 2. The Balaban J connectivity index is 1.62. The Bertz CT molecular complexity index is 1090. The summed E-state index contributed by atoms with van der Waals surface area (Å²) in [6.07, 6.45) is 0.892. The van der Waals surface area contributed by atoms with Crippen molar-refractivity contribution in [1.82, 2.24) is 0 Å². The highest BCUT2D eigenvalue weighted by Crippen LogP contribution is 2.36. The summed E-state index contributed by atoms with van der Waals surface area (Å²) < 4.78 is 5.86. The fourth-order valence-electron chi connectivity index (χ4n) is 3.87. The standard InChI is InChI=1S/C22H21NO4/c1-12-9-17(18(22(25)26)10-13(12)2)21(24)23-14-7-8-16-15-5-3-4-6-19(15)27-20(16)11-14/h3-8,11,17-18H,9-10H2,1-2H3,(H,23,24)(H,25,26). The van der Waals surface area contributed by atoms with Gasteiger partial charge in [-0.3, -0.25) is 9.59 Å². The van der Waals surface area contributed by atoms with Gasteiger partial charge in [0.15, 0.2) is 0 Å². The number of benzene rings is 2. The largest absolute Gasteiger partial charge is 0.481 e. The number of aliphatic carboxylic acids is 1. The Morgan fingerprint density at radius 2 is 1.63 bits per heavy atom. The number of carboxylic acids is 1. The molecule has 0 radical (unpaired) electrons. The van der Waals surface area contributed by atoms with E-state index in [2.05, 4.69) is 5.32 Å². The molecule has 1 amide bonds. The number of hydrogen-bond acceptors (Lipinski definition) is 3. The highest BCUT2D eigenvalue weighted by molar-refractivity contribution is 6.06. The molecule has 2 atom stereocenters. The van der Waals surface area contributed by atoms with E-state index in [-0.39, 0.29) is 5.91 Å². The van der Waals surface area contributed by atoms with Crippen LogP contribution in [0.5, 0.6) is 0 Å². The number of amides is 1. The molecule has 2 aromatic carbocycles. The van der Waals surface area contributed by atoms with Crippen LogP contribution >= 0.6 is 0 Å². The van der Waals surface area contributed by atoms with Crippen LogP contribution in [0.4, 0.5) is 5.69 Å². The number of carbonyl (C=O) groups is 2. The Morgan fingerprint density at radius 3 is 2.37 bits per heavy atom. The van der Waals surface area contributed by atoms with E-state index >= 15 is 0 Å². The van der Waals surface area contributed by atoms with Crippen molar-refractivity contribution in [1.29, 1.82) is 0 Å². The van der Waals surface area contributed by atoms with Crippen LogP contribution in [-0.2, 0) is 9.59 Å². The van der Waals surface area contributed by atoms with Crippen LogP contribution in [-0.4, -0.2) is 17.0 Å². The summed E-state index contributed by atoms with van der Waals surface area (Å²) in [6, 6.07) is 13.3. The molecule has 0 fully saturated rings. The molecule has 1 aliphatic carbocycles. The zero-order chi connectivity index (χ0) is 19.1. The predicted octanol–water partition coefficient (Wildman–Crippen LogP) is 4.97. The molecular formula is C22H21NO4. The third-order valence-corrected chi connectivity index (χ3v) is 5.57. The van der Waals surface area contributed by atoms with Gasteiger partial charge in [0.1, 0.15) is 11.2 Å². The number of rotatable bonds is 3. The lowest BCUT2D eigenvalue weighted by molar-refractivity contribution is -0.146. The van der Waals surface area contributed by atoms with Crippen molar-refractivity contribution in [2.45, 2.75) is 26.7 Å². The molecule has 5 nitrogen and oxygen atoms in total. The monoisotopic (exact) mass is 363 g/mol. The van der Waals surface area contributed by atoms with E-state index in [1.54, 1.807) is 6.07 Å². The zero-order valence-corrected chi connectivity index (χ0v) is 15.3. The number of carboxylic acid groups (broad SMARTS) is 1. The van der Waals surface area contributed by atoms with E-state index in [4.69, 9.17) is 4.42 Å². The number of anilines is 1. The SMILES string of the molecule is CC1=C(C)CC(C(=O)Nc2ccc3c(c2)oc2ccccc23)C(C(=O)O)C1. The first-order valence-corrected chi connectivity index (χ1v) is 9.04. The number of nitrogens with one attached hydrogen (secondary N) is 1. The molecule has 138 valence electrons. The van der Waals surface area contributed by atoms with Gasteiger partial charge in [-0.05, 0) is 44.9 Å². The summed E-state index contributed by atoms with van der Waals surface area (Å²) in [5, 5.41) is 14.4. The summed E-state index contributed by atoms with van der Waals surface area (Å²) >= 11 is 0. The van der Waals surface area contributed by atoms with Gasteiger partial charge in [-0.15, -0.1) is 0 Å². The van der Waals surface area contributed by atoms with E-state index in [0.717, 1.165) is 27.5 Å². The molecule has 1 aromatic heterocycles. The van der Waals surface area contributed by atoms with Gasteiger partial charge in [0.05, 0.1) is 11.8 Å². The summed E-state index contributed by atoms with van der Waals surface area (Å²) in [7, 11) is 0. The lowest BCUT2D eigenvalue weighted by atomic mass is 9.76. The topological polar surface area (TPSA) is 79.5 Å². The maximum absolute atomic E-state index is 12.8. The van der Waals surface area contributed by atoms with Crippen molar-refractivity contribution >= 4 is 39.5 Å². The molecule has 2 unspecified atom stereocenters. The second-order valence-corrected chi connectivity index (χ2v) is 7.32. The Hall–Kier alpha value is -3.08. The highest BCUT2D eigenvalue weighted by atomic mass is 16.4. The average molecular weight is 363 g/mol. The smallest absolute Gasteiger partial charge is 0.307 e. The first-order chi connectivity index (χ1) is 12.9. The molecule has 1 aliphatic rings. The van der Waals surface area contributed by atoms with Crippen LogP contribution in [0.1, 0.15) is 26.7 Å². The average Bonchev–Trinajstić information content (AvgIpc) is 3.01. The summed E-state index contributed by atoms with van der Waals surface area (Å²) in [5.41, 5.74) is 4.26. The molecule has 2 N–H and O–H groups in total. The van der Waals surface area contributed by atoms with Crippen LogP contribution in [0.3, 0.4) is 0 Å². The molecule has 0 saturated heterocycles. The van der Waals surface area contributed by atoms with Crippen molar-refractivity contribution in [3.05, 3.63) is 53.6 Å². The third-order valence-electron chi connectivity index (χ3n) is 5.57. The predicted molar refractivity (Wildman–Crippen MR) is 105 cm³/mol. The van der Waals surface area contributed by atoms with Gasteiger partial charge in [0.2, 0.25) is 5.91 Å². The van der Waals surface area contributed by atoms with Crippen LogP contribution in [0.2, 0.25) is 0 Å². The Morgan fingerprint density at radius 1 is 0.963 bits per heavy atom. The van der Waals surface area contributed by atoms with E-state index in [1.807, 2.05) is 50.2 Å². The van der Waals surface area contributed by atoms with Crippen molar-refractivity contribution in [3.63, 3.8) is 0 Å². The number of hydrogen-bond donors (Lipinski definition) is 2. The molecule has 1 heterocycles. The first kappa shape index (κ1) is 17.3. The maximum atomic E-state index is 12.8. The lowest BCUT2D eigenvalue weighted by Gasteiger charge is -2.29. The fourth-order valence-corrected chi connectivity index (χ4v) is 3.87. The van der Waals surface area contributed by atoms with Gasteiger partial charge < -0.3 is 14.8 Å². The van der Waals surface area contributed by atoms with Crippen LogP contribution in [0.25, 0.3) is 21.9 Å². The fraction of sp³-hybridized carbons (Fsp3) is 0.273. The normalized spacial score (nSPS) is 20.2. The van der Waals surface area contributed by atoms with Gasteiger partial charge in [-0.1, -0.05) is 29.3 Å². The minimum atomic E-state index is -0.922. The van der Waals surface area contributed by atoms with Crippen molar-refractivity contribution in [3.8, 4) is 0 Å². The lowest BCUT2D eigenvalue weighted by Crippen LogP contribution is -2.36. The molecule has 4 rings (SSSR count). The molecular weight excluding hydrogens is 342 g/mol. The molecule has 5 heteroatoms. The molecule has 0 bridgehead atoms. The van der Waals surface area contributed by atoms with Crippen LogP contribution in [0.15, 0.2) is 58.0 Å². The first-order valence-electron chi connectivity index (χ1n) is 9.04.